The average Bonchev–Trinajstić information content (AvgIpc) is 2.34. The predicted molar refractivity (Wildman–Crippen MR) is 71.4 cm³/mol. The Kier molecular flexibility index (Phi) is 4.31. The van der Waals surface area contributed by atoms with Crippen molar-refractivity contribution in [3.8, 4) is 0 Å². The molecule has 2 unspecified atom stereocenters. The van der Waals surface area contributed by atoms with Crippen molar-refractivity contribution in [2.24, 2.45) is 11.7 Å². The van der Waals surface area contributed by atoms with Crippen molar-refractivity contribution >= 4 is 21.6 Å². The molecule has 0 bridgehead atoms. The van der Waals surface area contributed by atoms with Gasteiger partial charge in [0.15, 0.2) is 0 Å². The summed E-state index contributed by atoms with van der Waals surface area (Å²) in [6.07, 6.45) is 1.54. The van der Waals surface area contributed by atoms with E-state index in [4.69, 9.17) is 10.5 Å². The SMILES string of the molecule is NC1CCOCC1Cc1cccc([N+](=O)[O-])c1Br. The molecule has 2 N–H and O–H groups in total. The number of nitrogens with zero attached hydrogens (tertiary/aromatic N) is 1. The molecule has 1 fully saturated rings. The first-order valence-corrected chi connectivity index (χ1v) is 6.64. The molecule has 2 atom stereocenters. The highest BCUT2D eigenvalue weighted by Gasteiger charge is 2.25. The molecular formula is C12H15BrN2O3. The van der Waals surface area contributed by atoms with Crippen LogP contribution in [0, 0.1) is 16.0 Å². The molecule has 0 aromatic heterocycles. The number of nitro groups is 1. The van der Waals surface area contributed by atoms with Gasteiger partial charge in [-0.3, -0.25) is 10.1 Å². The second-order valence-electron chi connectivity index (χ2n) is 4.50. The highest BCUT2D eigenvalue weighted by molar-refractivity contribution is 9.10. The fraction of sp³-hybridized carbons (Fsp3) is 0.500. The van der Waals surface area contributed by atoms with E-state index in [-0.39, 0.29) is 22.6 Å². The van der Waals surface area contributed by atoms with Gasteiger partial charge in [-0.15, -0.1) is 0 Å². The van der Waals surface area contributed by atoms with Crippen molar-refractivity contribution < 1.29 is 9.66 Å². The van der Waals surface area contributed by atoms with E-state index < -0.39 is 0 Å². The van der Waals surface area contributed by atoms with Gasteiger partial charge in [-0.05, 0) is 34.3 Å². The Balaban J connectivity index is 2.18. The molecule has 1 saturated heterocycles. The van der Waals surface area contributed by atoms with E-state index in [1.807, 2.05) is 6.07 Å². The Morgan fingerprint density at radius 1 is 1.56 bits per heavy atom. The Morgan fingerprint density at radius 2 is 2.33 bits per heavy atom. The van der Waals surface area contributed by atoms with Crippen LogP contribution >= 0.6 is 15.9 Å². The number of halogens is 1. The lowest BCUT2D eigenvalue weighted by Gasteiger charge is -2.28. The smallest absolute Gasteiger partial charge is 0.283 e. The van der Waals surface area contributed by atoms with Gasteiger partial charge in [-0.25, -0.2) is 0 Å². The standard InChI is InChI=1S/C12H15BrN2O3/c13-12-8(2-1-3-11(12)15(16)17)6-9-7-18-5-4-10(9)14/h1-3,9-10H,4-7,14H2. The number of nitro benzene ring substituents is 1. The number of benzene rings is 1. The molecule has 1 aliphatic heterocycles. The third-order valence-corrected chi connectivity index (χ3v) is 4.19. The Labute approximate surface area is 114 Å². The number of nitrogens with two attached hydrogens (primary N) is 1. The molecule has 0 aliphatic carbocycles. The van der Waals surface area contributed by atoms with Gasteiger partial charge in [0.05, 0.1) is 16.0 Å². The molecule has 5 nitrogen and oxygen atoms in total. The van der Waals surface area contributed by atoms with E-state index in [1.54, 1.807) is 6.07 Å². The second kappa shape index (κ2) is 5.77. The summed E-state index contributed by atoms with van der Waals surface area (Å²) >= 11 is 3.31. The highest BCUT2D eigenvalue weighted by Crippen LogP contribution is 2.31. The van der Waals surface area contributed by atoms with Gasteiger partial charge in [0, 0.05) is 24.6 Å². The van der Waals surface area contributed by atoms with Gasteiger partial charge in [0.2, 0.25) is 0 Å². The van der Waals surface area contributed by atoms with Crippen LogP contribution < -0.4 is 5.73 Å². The topological polar surface area (TPSA) is 78.4 Å². The minimum Gasteiger partial charge on any atom is -0.381 e. The van der Waals surface area contributed by atoms with Crippen molar-refractivity contribution in [3.05, 3.63) is 38.3 Å². The first kappa shape index (κ1) is 13.5. The van der Waals surface area contributed by atoms with Gasteiger partial charge in [0.25, 0.3) is 5.69 Å². The molecule has 1 heterocycles. The van der Waals surface area contributed by atoms with Crippen molar-refractivity contribution in [2.45, 2.75) is 18.9 Å². The molecule has 1 aromatic carbocycles. The summed E-state index contributed by atoms with van der Waals surface area (Å²) in [7, 11) is 0. The van der Waals surface area contributed by atoms with E-state index in [2.05, 4.69) is 15.9 Å². The molecule has 6 heteroatoms. The van der Waals surface area contributed by atoms with E-state index in [0.717, 1.165) is 12.0 Å². The van der Waals surface area contributed by atoms with E-state index >= 15 is 0 Å². The van der Waals surface area contributed by atoms with Gasteiger partial charge in [0.1, 0.15) is 0 Å². The van der Waals surface area contributed by atoms with Crippen LogP contribution in [0.3, 0.4) is 0 Å². The maximum absolute atomic E-state index is 10.9. The lowest BCUT2D eigenvalue weighted by molar-refractivity contribution is -0.385. The average molecular weight is 315 g/mol. The van der Waals surface area contributed by atoms with Crippen molar-refractivity contribution in [1.29, 1.82) is 0 Å². The summed E-state index contributed by atoms with van der Waals surface area (Å²) in [5.41, 5.74) is 7.05. The summed E-state index contributed by atoms with van der Waals surface area (Å²) in [6, 6.07) is 5.18. The van der Waals surface area contributed by atoms with E-state index in [0.29, 0.717) is 24.1 Å². The monoisotopic (exact) mass is 314 g/mol. The minimum atomic E-state index is -0.384. The number of ether oxygens (including phenoxy) is 1. The number of rotatable bonds is 3. The summed E-state index contributed by atoms with van der Waals surface area (Å²) in [5.74, 6) is 0.219. The zero-order chi connectivity index (χ0) is 13.1. The maximum atomic E-state index is 10.9. The zero-order valence-corrected chi connectivity index (χ0v) is 11.4. The summed E-state index contributed by atoms with van der Waals surface area (Å²) in [6.45, 7) is 1.32. The van der Waals surface area contributed by atoms with Crippen LogP contribution in [0.15, 0.2) is 22.7 Å². The summed E-state index contributed by atoms with van der Waals surface area (Å²) in [5, 5.41) is 10.9. The molecule has 0 radical (unpaired) electrons. The van der Waals surface area contributed by atoms with Gasteiger partial charge >= 0.3 is 0 Å². The maximum Gasteiger partial charge on any atom is 0.283 e. The van der Waals surface area contributed by atoms with Gasteiger partial charge < -0.3 is 10.5 Å². The van der Waals surface area contributed by atoms with Crippen molar-refractivity contribution in [3.63, 3.8) is 0 Å². The van der Waals surface area contributed by atoms with Crippen LogP contribution in [-0.4, -0.2) is 24.2 Å². The van der Waals surface area contributed by atoms with Crippen LogP contribution in [-0.2, 0) is 11.2 Å². The molecule has 1 aromatic rings. The number of hydrogen-bond donors (Lipinski definition) is 1. The molecule has 0 amide bonds. The second-order valence-corrected chi connectivity index (χ2v) is 5.29. The molecule has 0 saturated carbocycles. The van der Waals surface area contributed by atoms with E-state index in [1.165, 1.54) is 6.07 Å². The largest absolute Gasteiger partial charge is 0.381 e. The van der Waals surface area contributed by atoms with Crippen molar-refractivity contribution in [1.82, 2.24) is 0 Å². The Bertz CT molecular complexity index is 453. The first-order chi connectivity index (χ1) is 8.59. The lowest BCUT2D eigenvalue weighted by Crippen LogP contribution is -2.39. The normalized spacial score (nSPS) is 23.9. The molecule has 0 spiro atoms. The predicted octanol–water partition coefficient (Wildman–Crippen LogP) is 2.26. The fourth-order valence-corrected chi connectivity index (χ4v) is 2.74. The quantitative estimate of drug-likeness (QED) is 0.685. The summed E-state index contributed by atoms with van der Waals surface area (Å²) in [4.78, 5) is 10.5. The zero-order valence-electron chi connectivity index (χ0n) is 9.84. The summed E-state index contributed by atoms with van der Waals surface area (Å²) < 4.78 is 5.96. The van der Waals surface area contributed by atoms with Gasteiger partial charge in [-0.2, -0.15) is 0 Å². The highest BCUT2D eigenvalue weighted by atomic mass is 79.9. The van der Waals surface area contributed by atoms with Crippen LogP contribution in [0.1, 0.15) is 12.0 Å². The Morgan fingerprint density at radius 3 is 3.00 bits per heavy atom. The molecule has 18 heavy (non-hydrogen) atoms. The van der Waals surface area contributed by atoms with Gasteiger partial charge in [-0.1, -0.05) is 12.1 Å². The van der Waals surface area contributed by atoms with Crippen LogP contribution in [0.5, 0.6) is 0 Å². The van der Waals surface area contributed by atoms with Crippen LogP contribution in [0.2, 0.25) is 0 Å². The third kappa shape index (κ3) is 2.88. The molecular weight excluding hydrogens is 300 g/mol. The fourth-order valence-electron chi connectivity index (χ4n) is 2.17. The van der Waals surface area contributed by atoms with Crippen molar-refractivity contribution in [2.75, 3.05) is 13.2 Å². The van der Waals surface area contributed by atoms with Crippen LogP contribution in [0.25, 0.3) is 0 Å². The lowest BCUT2D eigenvalue weighted by atomic mass is 9.90. The number of hydrogen-bond acceptors (Lipinski definition) is 4. The first-order valence-electron chi connectivity index (χ1n) is 5.84. The molecule has 98 valence electrons. The Hall–Kier alpha value is -0.980. The third-order valence-electron chi connectivity index (χ3n) is 3.27. The van der Waals surface area contributed by atoms with Crippen LogP contribution in [0.4, 0.5) is 5.69 Å². The minimum absolute atomic E-state index is 0.0952. The molecule has 1 aliphatic rings. The molecule has 2 rings (SSSR count). The van der Waals surface area contributed by atoms with E-state index in [9.17, 15) is 10.1 Å².